The zero-order valence-electron chi connectivity index (χ0n) is 9.30. The summed E-state index contributed by atoms with van der Waals surface area (Å²) in [5.41, 5.74) is 0. The van der Waals surface area contributed by atoms with Crippen LogP contribution in [-0.2, 0) is 9.73 Å². The van der Waals surface area contributed by atoms with Crippen molar-refractivity contribution in [3.8, 4) is 5.75 Å². The van der Waals surface area contributed by atoms with Gasteiger partial charge in [-0.2, -0.15) is 0 Å². The third kappa shape index (κ3) is 3.23. The minimum atomic E-state index is -1.86. The molecule has 1 aliphatic rings. The Balaban J connectivity index is 1.79. The molecule has 1 aliphatic heterocycles. The van der Waals surface area contributed by atoms with E-state index in [0.29, 0.717) is 13.2 Å². The Morgan fingerprint density at radius 1 is 1.19 bits per heavy atom. The first kappa shape index (κ1) is 11.5. The van der Waals surface area contributed by atoms with Gasteiger partial charge in [0.05, 0.1) is 6.54 Å². The summed E-state index contributed by atoms with van der Waals surface area (Å²) < 4.78 is 21.7. The van der Waals surface area contributed by atoms with Gasteiger partial charge in [-0.25, -0.2) is 8.57 Å². The molecule has 0 N–H and O–H groups in total. The Bertz CT molecular complexity index is 424. The highest BCUT2D eigenvalue weighted by Crippen LogP contribution is 2.13. The molecule has 1 saturated heterocycles. The standard InChI is InChI=1S/C12H17NO2S/c14-16(10-4-5-11-16)13-8-9-15-12-6-2-1-3-7-12/h1-3,6-7H,4-5,8-11H2. The number of benzene rings is 1. The van der Waals surface area contributed by atoms with E-state index in [0.717, 1.165) is 30.1 Å². The quantitative estimate of drug-likeness (QED) is 0.756. The molecule has 0 radical (unpaired) electrons. The zero-order valence-corrected chi connectivity index (χ0v) is 10.1. The van der Waals surface area contributed by atoms with Crippen LogP contribution in [0.1, 0.15) is 12.8 Å². The van der Waals surface area contributed by atoms with Gasteiger partial charge in [-0.15, -0.1) is 0 Å². The van der Waals surface area contributed by atoms with E-state index < -0.39 is 9.73 Å². The van der Waals surface area contributed by atoms with E-state index in [-0.39, 0.29) is 0 Å². The molecule has 1 aromatic carbocycles. The third-order valence-electron chi connectivity index (χ3n) is 2.61. The van der Waals surface area contributed by atoms with E-state index in [2.05, 4.69) is 4.36 Å². The fourth-order valence-electron chi connectivity index (χ4n) is 1.77. The van der Waals surface area contributed by atoms with Gasteiger partial charge in [0, 0.05) is 21.2 Å². The summed E-state index contributed by atoms with van der Waals surface area (Å²) >= 11 is 0. The SMILES string of the molecule is O=S1(=NCCOc2ccccc2)CCCC1. The van der Waals surface area contributed by atoms with Crippen LogP contribution >= 0.6 is 0 Å². The maximum Gasteiger partial charge on any atom is 0.119 e. The zero-order chi connectivity index (χ0) is 11.3. The second-order valence-corrected chi connectivity index (χ2v) is 6.52. The first-order valence-corrected chi connectivity index (χ1v) is 7.50. The number of hydrogen-bond donors (Lipinski definition) is 0. The van der Waals surface area contributed by atoms with E-state index >= 15 is 0 Å². The lowest BCUT2D eigenvalue weighted by Gasteiger charge is -2.04. The molecule has 0 saturated carbocycles. The van der Waals surface area contributed by atoms with E-state index in [4.69, 9.17) is 4.74 Å². The molecule has 0 aromatic heterocycles. The van der Waals surface area contributed by atoms with Gasteiger partial charge in [-0.05, 0) is 25.0 Å². The highest BCUT2D eigenvalue weighted by Gasteiger charge is 2.15. The van der Waals surface area contributed by atoms with Crippen molar-refractivity contribution < 1.29 is 8.95 Å². The van der Waals surface area contributed by atoms with Crippen LogP contribution < -0.4 is 4.74 Å². The lowest BCUT2D eigenvalue weighted by atomic mass is 10.3. The van der Waals surface area contributed by atoms with Crippen LogP contribution in [0.2, 0.25) is 0 Å². The summed E-state index contributed by atoms with van der Waals surface area (Å²) in [6.07, 6.45) is 2.11. The van der Waals surface area contributed by atoms with Gasteiger partial charge in [0.15, 0.2) is 0 Å². The predicted molar refractivity (Wildman–Crippen MR) is 66.3 cm³/mol. The smallest absolute Gasteiger partial charge is 0.119 e. The molecule has 0 unspecified atom stereocenters. The number of hydrogen-bond acceptors (Lipinski definition) is 3. The van der Waals surface area contributed by atoms with Crippen LogP contribution in [0.25, 0.3) is 0 Å². The summed E-state index contributed by atoms with van der Waals surface area (Å²) in [7, 11) is -1.86. The molecular formula is C12H17NO2S. The van der Waals surface area contributed by atoms with Crippen molar-refractivity contribution in [3.63, 3.8) is 0 Å². The lowest BCUT2D eigenvalue weighted by Crippen LogP contribution is -2.06. The molecule has 4 heteroatoms. The molecule has 0 amide bonds. The van der Waals surface area contributed by atoms with E-state index in [1.54, 1.807) is 0 Å². The van der Waals surface area contributed by atoms with Crippen LogP contribution in [0.15, 0.2) is 34.7 Å². The average molecular weight is 239 g/mol. The minimum absolute atomic E-state index is 0.515. The Labute approximate surface area is 97.0 Å². The average Bonchev–Trinajstić information content (AvgIpc) is 2.74. The Morgan fingerprint density at radius 3 is 2.56 bits per heavy atom. The maximum atomic E-state index is 12.0. The minimum Gasteiger partial charge on any atom is -0.492 e. The predicted octanol–water partition coefficient (Wildman–Crippen LogP) is 2.33. The summed E-state index contributed by atoms with van der Waals surface area (Å²) in [5.74, 6) is 2.40. The van der Waals surface area contributed by atoms with Crippen molar-refractivity contribution in [1.82, 2.24) is 0 Å². The fourth-order valence-corrected chi connectivity index (χ4v) is 3.95. The van der Waals surface area contributed by atoms with Crippen molar-refractivity contribution in [3.05, 3.63) is 30.3 Å². The van der Waals surface area contributed by atoms with Crippen LogP contribution in [0.3, 0.4) is 0 Å². The summed E-state index contributed by atoms with van der Waals surface area (Å²) in [5, 5.41) is 0. The van der Waals surface area contributed by atoms with Crippen molar-refractivity contribution >= 4 is 9.73 Å². The van der Waals surface area contributed by atoms with E-state index in [1.807, 2.05) is 30.3 Å². The number of rotatable bonds is 4. The lowest BCUT2D eigenvalue weighted by molar-refractivity contribution is 0.329. The highest BCUT2D eigenvalue weighted by molar-refractivity contribution is 7.93. The Morgan fingerprint density at radius 2 is 1.88 bits per heavy atom. The monoisotopic (exact) mass is 239 g/mol. The molecule has 0 spiro atoms. The Kier molecular flexibility index (Phi) is 3.83. The molecule has 3 nitrogen and oxygen atoms in total. The summed E-state index contributed by atoms with van der Waals surface area (Å²) in [6, 6.07) is 9.64. The van der Waals surface area contributed by atoms with Crippen LogP contribution in [0, 0.1) is 0 Å². The first-order chi connectivity index (χ1) is 7.79. The van der Waals surface area contributed by atoms with Gasteiger partial charge in [0.25, 0.3) is 0 Å². The summed E-state index contributed by atoms with van der Waals surface area (Å²) in [6.45, 7) is 1.05. The van der Waals surface area contributed by atoms with Gasteiger partial charge in [0.2, 0.25) is 0 Å². The number of nitrogens with zero attached hydrogens (tertiary/aromatic N) is 1. The third-order valence-corrected chi connectivity index (χ3v) is 5.11. The van der Waals surface area contributed by atoms with E-state index in [1.165, 1.54) is 0 Å². The molecule has 88 valence electrons. The van der Waals surface area contributed by atoms with Crippen molar-refractivity contribution in [2.45, 2.75) is 12.8 Å². The normalized spacial score (nSPS) is 18.2. The van der Waals surface area contributed by atoms with Gasteiger partial charge in [0.1, 0.15) is 12.4 Å². The van der Waals surface area contributed by atoms with Gasteiger partial charge in [-0.1, -0.05) is 18.2 Å². The topological polar surface area (TPSA) is 38.7 Å². The molecule has 0 bridgehead atoms. The molecule has 0 aliphatic carbocycles. The highest BCUT2D eigenvalue weighted by atomic mass is 32.2. The van der Waals surface area contributed by atoms with Crippen molar-refractivity contribution in [2.75, 3.05) is 24.7 Å². The second-order valence-electron chi connectivity index (χ2n) is 3.90. The maximum absolute atomic E-state index is 12.0. The number of ether oxygens (including phenoxy) is 1. The summed E-state index contributed by atoms with van der Waals surface area (Å²) in [4.78, 5) is 0. The molecule has 2 rings (SSSR count). The molecule has 16 heavy (non-hydrogen) atoms. The van der Waals surface area contributed by atoms with Gasteiger partial charge < -0.3 is 4.74 Å². The molecule has 1 aromatic rings. The van der Waals surface area contributed by atoms with Crippen molar-refractivity contribution in [1.29, 1.82) is 0 Å². The van der Waals surface area contributed by atoms with Crippen molar-refractivity contribution in [2.24, 2.45) is 4.36 Å². The molecule has 1 heterocycles. The molecular weight excluding hydrogens is 222 g/mol. The largest absolute Gasteiger partial charge is 0.492 e. The van der Waals surface area contributed by atoms with E-state index in [9.17, 15) is 4.21 Å². The molecule has 0 atom stereocenters. The fraction of sp³-hybridized carbons (Fsp3) is 0.500. The molecule has 1 fully saturated rings. The van der Waals surface area contributed by atoms with Crippen LogP contribution in [0.5, 0.6) is 5.75 Å². The Hall–Kier alpha value is -1.03. The van der Waals surface area contributed by atoms with Gasteiger partial charge in [-0.3, -0.25) is 0 Å². The first-order valence-electron chi connectivity index (χ1n) is 5.65. The van der Waals surface area contributed by atoms with Crippen LogP contribution in [-0.4, -0.2) is 28.9 Å². The second kappa shape index (κ2) is 5.34. The van der Waals surface area contributed by atoms with Gasteiger partial charge >= 0.3 is 0 Å². The van der Waals surface area contributed by atoms with Crippen LogP contribution in [0.4, 0.5) is 0 Å². The number of para-hydroxylation sites is 1.